The summed E-state index contributed by atoms with van der Waals surface area (Å²) in [5.41, 5.74) is 1.88. The maximum absolute atomic E-state index is 11.2. The van der Waals surface area contributed by atoms with Crippen LogP contribution < -0.4 is 4.74 Å². The Bertz CT molecular complexity index is 544. The van der Waals surface area contributed by atoms with Crippen LogP contribution in [0.2, 0.25) is 0 Å². The molecule has 18 heavy (non-hydrogen) atoms. The van der Waals surface area contributed by atoms with Crippen LogP contribution in [0.15, 0.2) is 60.8 Å². The predicted octanol–water partition coefficient (Wildman–Crippen LogP) is 3.23. The molecule has 0 unspecified atom stereocenters. The lowest BCUT2D eigenvalue weighted by Crippen LogP contribution is -2.03. The largest absolute Gasteiger partial charge is 0.423 e. The predicted molar refractivity (Wildman–Crippen MR) is 70.1 cm³/mol. The second-order valence-electron chi connectivity index (χ2n) is 3.66. The average Bonchev–Trinajstić information content (AvgIpc) is 2.41. The van der Waals surface area contributed by atoms with Gasteiger partial charge >= 0.3 is 5.97 Å². The molecule has 1 aromatic heterocycles. The Morgan fingerprint density at radius 1 is 1.17 bits per heavy atom. The van der Waals surface area contributed by atoms with Crippen molar-refractivity contribution in [3.63, 3.8) is 0 Å². The highest BCUT2D eigenvalue weighted by Gasteiger charge is 2.01. The number of nitrogens with zero attached hydrogens (tertiary/aromatic N) is 1. The van der Waals surface area contributed by atoms with Gasteiger partial charge in [-0.3, -0.25) is 4.98 Å². The van der Waals surface area contributed by atoms with Crippen LogP contribution in [0.5, 0.6) is 5.75 Å². The Kier molecular flexibility index (Phi) is 3.86. The minimum absolute atomic E-state index is 0.372. The zero-order valence-electron chi connectivity index (χ0n) is 10.0. The van der Waals surface area contributed by atoms with Gasteiger partial charge in [0.25, 0.3) is 0 Å². The minimum Gasteiger partial charge on any atom is -0.423 e. The van der Waals surface area contributed by atoms with Crippen LogP contribution in [0.25, 0.3) is 11.3 Å². The highest BCUT2D eigenvalue weighted by Crippen LogP contribution is 2.20. The molecule has 0 radical (unpaired) electrons. The molecule has 0 aliphatic carbocycles. The van der Waals surface area contributed by atoms with Crippen molar-refractivity contribution in [3.8, 4) is 17.0 Å². The standard InChI is InChI=1S/C15H13NO2/c1-2-5-15(17)18-13-9-7-12(8-10-13)14-6-3-4-11-16-14/h2-11H,1H3. The number of pyridine rings is 1. The van der Waals surface area contributed by atoms with Crippen LogP contribution in [-0.4, -0.2) is 11.0 Å². The molecule has 3 nitrogen and oxygen atoms in total. The van der Waals surface area contributed by atoms with Gasteiger partial charge in [-0.2, -0.15) is 0 Å². The SMILES string of the molecule is CC=CC(=O)Oc1ccc(-c2ccccn2)cc1. The smallest absolute Gasteiger partial charge is 0.335 e. The normalized spacial score (nSPS) is 10.5. The van der Waals surface area contributed by atoms with Gasteiger partial charge in [-0.05, 0) is 43.3 Å². The zero-order valence-corrected chi connectivity index (χ0v) is 10.0. The third-order valence-corrected chi connectivity index (χ3v) is 2.34. The van der Waals surface area contributed by atoms with Crippen LogP contribution in [-0.2, 0) is 4.79 Å². The topological polar surface area (TPSA) is 39.2 Å². The molecule has 2 aromatic rings. The summed E-state index contributed by atoms with van der Waals surface area (Å²) in [6.07, 6.45) is 4.77. The minimum atomic E-state index is -0.372. The monoisotopic (exact) mass is 239 g/mol. The molecule has 0 amide bonds. The number of benzene rings is 1. The van der Waals surface area contributed by atoms with E-state index in [9.17, 15) is 4.79 Å². The van der Waals surface area contributed by atoms with Gasteiger partial charge in [0, 0.05) is 17.8 Å². The first-order chi connectivity index (χ1) is 8.79. The number of aromatic nitrogens is 1. The molecule has 0 atom stereocenters. The molecular weight excluding hydrogens is 226 g/mol. The number of allylic oxidation sites excluding steroid dienone is 1. The number of carbonyl (C=O) groups excluding carboxylic acids is 1. The molecule has 90 valence electrons. The van der Waals surface area contributed by atoms with E-state index in [0.717, 1.165) is 11.3 Å². The van der Waals surface area contributed by atoms with E-state index in [-0.39, 0.29) is 5.97 Å². The van der Waals surface area contributed by atoms with Gasteiger partial charge in [0.05, 0.1) is 5.69 Å². The van der Waals surface area contributed by atoms with E-state index in [4.69, 9.17) is 4.74 Å². The molecule has 0 N–H and O–H groups in total. The summed E-state index contributed by atoms with van der Waals surface area (Å²) in [7, 11) is 0. The second-order valence-corrected chi connectivity index (χ2v) is 3.66. The van der Waals surface area contributed by atoms with E-state index in [1.165, 1.54) is 6.08 Å². The fourth-order valence-corrected chi connectivity index (χ4v) is 1.51. The number of hydrogen-bond donors (Lipinski definition) is 0. The average molecular weight is 239 g/mol. The van der Waals surface area contributed by atoms with Crippen molar-refractivity contribution >= 4 is 5.97 Å². The molecular formula is C15H13NO2. The van der Waals surface area contributed by atoms with Crippen LogP contribution in [0, 0.1) is 0 Å². The molecule has 0 aliphatic rings. The maximum atomic E-state index is 11.2. The summed E-state index contributed by atoms with van der Waals surface area (Å²) in [4.78, 5) is 15.5. The Labute approximate surface area is 106 Å². The van der Waals surface area contributed by atoms with Crippen LogP contribution >= 0.6 is 0 Å². The van der Waals surface area contributed by atoms with Crippen molar-refractivity contribution in [1.82, 2.24) is 4.98 Å². The summed E-state index contributed by atoms with van der Waals surface area (Å²) < 4.78 is 5.10. The Morgan fingerprint density at radius 2 is 1.94 bits per heavy atom. The molecule has 3 heteroatoms. The fourth-order valence-electron chi connectivity index (χ4n) is 1.51. The summed E-state index contributed by atoms with van der Waals surface area (Å²) >= 11 is 0. The molecule has 0 saturated heterocycles. The number of carbonyl (C=O) groups is 1. The van der Waals surface area contributed by atoms with E-state index < -0.39 is 0 Å². The lowest BCUT2D eigenvalue weighted by atomic mass is 10.1. The van der Waals surface area contributed by atoms with Gasteiger partial charge in [-0.25, -0.2) is 4.79 Å². The quantitative estimate of drug-likeness (QED) is 0.469. The molecule has 0 saturated carbocycles. The van der Waals surface area contributed by atoms with Crippen LogP contribution in [0.1, 0.15) is 6.92 Å². The molecule has 2 rings (SSSR count). The highest BCUT2D eigenvalue weighted by molar-refractivity contribution is 5.84. The first kappa shape index (κ1) is 12.0. The van der Waals surface area contributed by atoms with Crippen molar-refractivity contribution in [2.75, 3.05) is 0 Å². The molecule has 1 aromatic carbocycles. The van der Waals surface area contributed by atoms with E-state index in [1.54, 1.807) is 31.3 Å². The van der Waals surface area contributed by atoms with Gasteiger partial charge in [0.2, 0.25) is 0 Å². The number of rotatable bonds is 3. The van der Waals surface area contributed by atoms with Crippen LogP contribution in [0.4, 0.5) is 0 Å². The van der Waals surface area contributed by atoms with Gasteiger partial charge < -0.3 is 4.74 Å². The highest BCUT2D eigenvalue weighted by atomic mass is 16.5. The van der Waals surface area contributed by atoms with E-state index in [1.807, 2.05) is 30.3 Å². The maximum Gasteiger partial charge on any atom is 0.335 e. The zero-order chi connectivity index (χ0) is 12.8. The first-order valence-corrected chi connectivity index (χ1v) is 5.65. The Hall–Kier alpha value is -2.42. The molecule has 0 spiro atoms. The second kappa shape index (κ2) is 5.77. The summed E-state index contributed by atoms with van der Waals surface area (Å²) in [5.74, 6) is 0.154. The number of esters is 1. The fraction of sp³-hybridized carbons (Fsp3) is 0.0667. The van der Waals surface area contributed by atoms with Crippen molar-refractivity contribution in [1.29, 1.82) is 0 Å². The van der Waals surface area contributed by atoms with E-state index in [0.29, 0.717) is 5.75 Å². The Balaban J connectivity index is 2.13. The number of hydrogen-bond acceptors (Lipinski definition) is 3. The van der Waals surface area contributed by atoms with Crippen LogP contribution in [0.3, 0.4) is 0 Å². The summed E-state index contributed by atoms with van der Waals surface area (Å²) in [5, 5.41) is 0. The summed E-state index contributed by atoms with van der Waals surface area (Å²) in [6.45, 7) is 1.77. The molecule has 0 aliphatic heterocycles. The van der Waals surface area contributed by atoms with Crippen molar-refractivity contribution in [2.45, 2.75) is 6.92 Å². The first-order valence-electron chi connectivity index (χ1n) is 5.65. The van der Waals surface area contributed by atoms with Gasteiger partial charge in [-0.15, -0.1) is 0 Å². The summed E-state index contributed by atoms with van der Waals surface area (Å²) in [6, 6.07) is 13.0. The third-order valence-electron chi connectivity index (χ3n) is 2.34. The van der Waals surface area contributed by atoms with Crippen molar-refractivity contribution in [3.05, 3.63) is 60.8 Å². The Morgan fingerprint density at radius 3 is 2.56 bits per heavy atom. The van der Waals surface area contributed by atoms with E-state index in [2.05, 4.69) is 4.98 Å². The van der Waals surface area contributed by atoms with Crippen molar-refractivity contribution in [2.24, 2.45) is 0 Å². The van der Waals surface area contributed by atoms with Gasteiger partial charge in [-0.1, -0.05) is 12.1 Å². The molecule has 0 bridgehead atoms. The third kappa shape index (κ3) is 3.04. The molecule has 0 fully saturated rings. The van der Waals surface area contributed by atoms with E-state index >= 15 is 0 Å². The van der Waals surface area contributed by atoms with Gasteiger partial charge in [0.1, 0.15) is 5.75 Å². The molecule has 1 heterocycles. The van der Waals surface area contributed by atoms with Crippen molar-refractivity contribution < 1.29 is 9.53 Å². The van der Waals surface area contributed by atoms with Gasteiger partial charge in [0.15, 0.2) is 0 Å². The lowest BCUT2D eigenvalue weighted by molar-refractivity contribution is -0.128. The lowest BCUT2D eigenvalue weighted by Gasteiger charge is -2.03. The number of ether oxygens (including phenoxy) is 1.